The number of benzene rings is 3. The molecule has 1 aromatic heterocycles. The van der Waals surface area contributed by atoms with Gasteiger partial charge in [-0.05, 0) is 35.9 Å². The fraction of sp³-hybridized carbons (Fsp3) is 0.115. The van der Waals surface area contributed by atoms with E-state index in [4.69, 9.17) is 21.1 Å². The number of aromatic nitrogens is 1. The summed E-state index contributed by atoms with van der Waals surface area (Å²) in [5.41, 5.74) is 1.58. The van der Waals surface area contributed by atoms with E-state index >= 15 is 0 Å². The Balaban J connectivity index is 1.75. The van der Waals surface area contributed by atoms with Crippen molar-refractivity contribution in [2.24, 2.45) is 0 Å². The third kappa shape index (κ3) is 3.90. The number of carbonyl (C=O) groups is 2. The number of Topliss-reactive ketones (excluding diaryl/α,β-unsaturated/α-hetero) is 1. The lowest BCUT2D eigenvalue weighted by Gasteiger charge is -2.23. The second kappa shape index (κ2) is 9.05. The predicted octanol–water partition coefficient (Wildman–Crippen LogP) is 5.59. The van der Waals surface area contributed by atoms with Crippen LogP contribution >= 0.6 is 22.9 Å². The molecule has 1 aliphatic heterocycles. The minimum absolute atomic E-state index is 0.0364. The van der Waals surface area contributed by atoms with Crippen LogP contribution < -0.4 is 14.4 Å². The Bertz CT molecular complexity index is 1500. The Kier molecular flexibility index (Phi) is 5.92. The van der Waals surface area contributed by atoms with Gasteiger partial charge in [0, 0.05) is 10.6 Å². The van der Waals surface area contributed by atoms with Gasteiger partial charge in [-0.15, -0.1) is 0 Å². The molecule has 0 aliphatic carbocycles. The minimum atomic E-state index is -0.939. The molecule has 1 unspecified atom stereocenters. The van der Waals surface area contributed by atoms with Gasteiger partial charge < -0.3 is 14.6 Å². The highest BCUT2D eigenvalue weighted by atomic mass is 35.5. The van der Waals surface area contributed by atoms with Gasteiger partial charge in [0.15, 0.2) is 16.6 Å². The second-order valence-corrected chi connectivity index (χ2v) is 9.20. The second-order valence-electron chi connectivity index (χ2n) is 7.76. The lowest BCUT2D eigenvalue weighted by atomic mass is 9.95. The third-order valence-corrected chi connectivity index (χ3v) is 7.01. The van der Waals surface area contributed by atoms with Gasteiger partial charge >= 0.3 is 5.91 Å². The van der Waals surface area contributed by atoms with Crippen LogP contribution in [0.15, 0.2) is 72.3 Å². The fourth-order valence-electron chi connectivity index (χ4n) is 4.11. The van der Waals surface area contributed by atoms with Crippen LogP contribution in [0, 0.1) is 0 Å². The molecule has 9 heteroatoms. The van der Waals surface area contributed by atoms with Crippen molar-refractivity contribution in [3.63, 3.8) is 0 Å². The number of nitrogens with zero attached hydrogens (tertiary/aromatic N) is 2. The van der Waals surface area contributed by atoms with E-state index in [1.165, 1.54) is 30.5 Å². The molecule has 1 aliphatic rings. The Morgan fingerprint density at radius 1 is 1.00 bits per heavy atom. The molecule has 1 amide bonds. The van der Waals surface area contributed by atoms with Crippen molar-refractivity contribution in [3.8, 4) is 11.5 Å². The van der Waals surface area contributed by atoms with Crippen molar-refractivity contribution in [2.75, 3.05) is 19.1 Å². The quantitative estimate of drug-likeness (QED) is 0.215. The van der Waals surface area contributed by atoms with Gasteiger partial charge in [0.25, 0.3) is 5.78 Å². The average molecular weight is 507 g/mol. The number of aliphatic hydroxyl groups is 1. The van der Waals surface area contributed by atoms with Crippen molar-refractivity contribution in [2.45, 2.75) is 6.04 Å². The summed E-state index contributed by atoms with van der Waals surface area (Å²) in [6.45, 7) is 0. The lowest BCUT2D eigenvalue weighted by molar-refractivity contribution is -0.132. The predicted molar refractivity (Wildman–Crippen MR) is 135 cm³/mol. The first kappa shape index (κ1) is 22.9. The van der Waals surface area contributed by atoms with Crippen molar-refractivity contribution in [1.82, 2.24) is 4.98 Å². The van der Waals surface area contributed by atoms with E-state index in [1.54, 1.807) is 66.7 Å². The van der Waals surface area contributed by atoms with E-state index in [-0.39, 0.29) is 11.3 Å². The zero-order valence-corrected chi connectivity index (χ0v) is 20.3. The number of ether oxygens (including phenoxy) is 2. The number of thiazole rings is 1. The zero-order chi connectivity index (χ0) is 24.7. The molecule has 0 bridgehead atoms. The van der Waals surface area contributed by atoms with Crippen LogP contribution in [0.2, 0.25) is 5.02 Å². The topological polar surface area (TPSA) is 89.0 Å². The molecule has 1 saturated heterocycles. The van der Waals surface area contributed by atoms with Gasteiger partial charge in [-0.25, -0.2) is 4.98 Å². The van der Waals surface area contributed by atoms with E-state index in [0.29, 0.717) is 38.3 Å². The number of hydrogen-bond donors (Lipinski definition) is 1. The number of carbonyl (C=O) groups excluding carboxylic acids is 2. The van der Waals surface area contributed by atoms with E-state index in [9.17, 15) is 14.7 Å². The highest BCUT2D eigenvalue weighted by Crippen LogP contribution is 2.46. The maximum Gasteiger partial charge on any atom is 0.301 e. The zero-order valence-electron chi connectivity index (χ0n) is 18.7. The number of amides is 1. The first-order chi connectivity index (χ1) is 16.9. The molecule has 0 saturated carbocycles. The molecule has 1 atom stereocenters. The molecule has 0 spiro atoms. The van der Waals surface area contributed by atoms with Crippen molar-refractivity contribution >= 4 is 55.7 Å². The summed E-state index contributed by atoms with van der Waals surface area (Å²) in [4.78, 5) is 32.6. The highest BCUT2D eigenvalue weighted by molar-refractivity contribution is 7.22. The SMILES string of the molecule is COc1ccc(C2/C(=C(\O)c3ccccc3)C(=O)C(=O)N2c2nc3ccc(Cl)cc3s2)cc1OC. The summed E-state index contributed by atoms with van der Waals surface area (Å²) in [7, 11) is 3.02. The van der Waals surface area contributed by atoms with Crippen LogP contribution in [0.5, 0.6) is 11.5 Å². The Morgan fingerprint density at radius 2 is 1.74 bits per heavy atom. The summed E-state index contributed by atoms with van der Waals surface area (Å²) >= 11 is 7.37. The largest absolute Gasteiger partial charge is 0.507 e. The van der Waals surface area contributed by atoms with Crippen LogP contribution in [0.4, 0.5) is 5.13 Å². The molecule has 3 aromatic carbocycles. The Morgan fingerprint density at radius 3 is 2.46 bits per heavy atom. The molecule has 0 radical (unpaired) electrons. The summed E-state index contributed by atoms with van der Waals surface area (Å²) in [5.74, 6) is -0.941. The van der Waals surface area contributed by atoms with Crippen LogP contribution in [0.1, 0.15) is 17.2 Å². The smallest absolute Gasteiger partial charge is 0.301 e. The van der Waals surface area contributed by atoms with E-state index < -0.39 is 17.7 Å². The normalized spacial score (nSPS) is 17.2. The van der Waals surface area contributed by atoms with Crippen molar-refractivity contribution < 1.29 is 24.2 Å². The van der Waals surface area contributed by atoms with Crippen LogP contribution in [0.25, 0.3) is 16.0 Å². The van der Waals surface area contributed by atoms with Gasteiger partial charge in [-0.1, -0.05) is 59.3 Å². The van der Waals surface area contributed by atoms with Crippen molar-refractivity contribution in [1.29, 1.82) is 0 Å². The molecule has 4 aromatic rings. The summed E-state index contributed by atoms with van der Waals surface area (Å²) < 4.78 is 11.6. The van der Waals surface area contributed by atoms with Crippen LogP contribution in [-0.4, -0.2) is 36.0 Å². The minimum Gasteiger partial charge on any atom is -0.507 e. The molecule has 1 N–H and O–H groups in total. The van der Waals surface area contributed by atoms with Gasteiger partial charge in [0.2, 0.25) is 0 Å². The molecular formula is C26H19ClN2O5S. The van der Waals surface area contributed by atoms with Crippen LogP contribution in [-0.2, 0) is 9.59 Å². The number of methoxy groups -OCH3 is 2. The van der Waals surface area contributed by atoms with E-state index in [2.05, 4.69) is 4.98 Å². The molecular weight excluding hydrogens is 488 g/mol. The van der Waals surface area contributed by atoms with Gasteiger partial charge in [-0.2, -0.15) is 0 Å². The summed E-state index contributed by atoms with van der Waals surface area (Å²) in [6, 6.07) is 18.0. The number of fused-ring (bicyclic) bond motifs is 1. The first-order valence-corrected chi connectivity index (χ1v) is 11.8. The molecule has 7 nitrogen and oxygen atoms in total. The van der Waals surface area contributed by atoms with Crippen molar-refractivity contribution in [3.05, 3.63) is 88.5 Å². The summed E-state index contributed by atoms with van der Waals surface area (Å²) in [5, 5.41) is 12.1. The molecule has 2 heterocycles. The standard InChI is InChI=1S/C26H19ClN2O5S/c1-33-18-11-8-15(12-19(18)34-2)22-21(23(30)14-6-4-3-5-7-14)24(31)25(32)29(22)26-28-17-10-9-16(27)13-20(17)35-26/h3-13,22,30H,1-2H3/b23-21+. The average Bonchev–Trinajstić information content (AvgIpc) is 3.41. The highest BCUT2D eigenvalue weighted by Gasteiger charge is 2.48. The Labute approximate surface area is 209 Å². The molecule has 35 heavy (non-hydrogen) atoms. The van der Waals surface area contributed by atoms with E-state index in [0.717, 1.165) is 4.70 Å². The number of ketones is 1. The number of halogens is 1. The van der Waals surface area contributed by atoms with Gasteiger partial charge in [-0.3, -0.25) is 14.5 Å². The molecule has 5 rings (SSSR count). The van der Waals surface area contributed by atoms with Gasteiger partial charge in [0.05, 0.1) is 36.1 Å². The maximum atomic E-state index is 13.4. The molecule has 1 fully saturated rings. The third-order valence-electron chi connectivity index (χ3n) is 5.76. The van der Waals surface area contributed by atoms with Gasteiger partial charge in [0.1, 0.15) is 5.76 Å². The monoisotopic (exact) mass is 506 g/mol. The summed E-state index contributed by atoms with van der Waals surface area (Å²) in [6.07, 6.45) is 0. The Hall–Kier alpha value is -3.88. The maximum absolute atomic E-state index is 13.4. The number of rotatable bonds is 5. The molecule has 176 valence electrons. The van der Waals surface area contributed by atoms with Crippen LogP contribution in [0.3, 0.4) is 0 Å². The number of aliphatic hydroxyl groups excluding tert-OH is 1. The van der Waals surface area contributed by atoms with E-state index in [1.807, 2.05) is 0 Å². The lowest BCUT2D eigenvalue weighted by Crippen LogP contribution is -2.29. The fourth-order valence-corrected chi connectivity index (χ4v) is 5.38. The first-order valence-electron chi connectivity index (χ1n) is 10.6. The number of hydrogen-bond acceptors (Lipinski definition) is 7. The number of anilines is 1.